The molecule has 2 N–H and O–H groups in total. The van der Waals surface area contributed by atoms with Gasteiger partial charge in [-0.3, -0.25) is 0 Å². The maximum Gasteiger partial charge on any atom is 0.490 e. The first-order chi connectivity index (χ1) is 14.5. The summed E-state index contributed by atoms with van der Waals surface area (Å²) in [6.07, 6.45) is -9.38. The van der Waals surface area contributed by atoms with Gasteiger partial charge in [0, 0.05) is 31.9 Å². The fraction of sp³-hybridized carbons (Fsp3) is 0.350. The Morgan fingerprint density at radius 3 is 1.90 bits per heavy atom. The van der Waals surface area contributed by atoms with Crippen molar-refractivity contribution in [3.63, 3.8) is 0 Å². The third-order valence-electron chi connectivity index (χ3n) is 5.00. The number of anilines is 3. The second-order valence-electron chi connectivity index (χ2n) is 6.99. The average Bonchev–Trinajstić information content (AvgIpc) is 2.66. The van der Waals surface area contributed by atoms with Crippen LogP contribution in [-0.2, 0) is 11.0 Å². The average molecular weight is 447 g/mol. The Labute approximate surface area is 173 Å². The molecule has 0 aromatic heterocycles. The molecule has 2 aliphatic rings. The van der Waals surface area contributed by atoms with Crippen molar-refractivity contribution < 1.29 is 36.2 Å². The number of nitrogens with one attached hydrogen (secondary N) is 1. The number of hydrogen-bond donors (Lipinski definition) is 2. The van der Waals surface area contributed by atoms with Crippen LogP contribution in [-0.4, -0.2) is 49.5 Å². The van der Waals surface area contributed by atoms with E-state index >= 15 is 0 Å². The van der Waals surface area contributed by atoms with E-state index in [1.165, 1.54) is 0 Å². The Morgan fingerprint density at radius 2 is 1.45 bits per heavy atom. The van der Waals surface area contributed by atoms with Gasteiger partial charge in [-0.25, -0.2) is 4.79 Å². The summed E-state index contributed by atoms with van der Waals surface area (Å²) in [5.41, 5.74) is 2.38. The number of para-hydroxylation sites is 2. The van der Waals surface area contributed by atoms with E-state index < -0.39 is 23.9 Å². The Kier molecular flexibility index (Phi) is 6.35. The smallest absolute Gasteiger partial charge is 0.475 e. The molecule has 1 fully saturated rings. The molecule has 2 heterocycles. The Morgan fingerprint density at radius 1 is 0.903 bits per heavy atom. The number of carboxylic acid groups (broad SMARTS) is 1. The number of fused-ring (bicyclic) bond motifs is 1. The van der Waals surface area contributed by atoms with Crippen LogP contribution in [0.1, 0.15) is 5.56 Å². The summed E-state index contributed by atoms with van der Waals surface area (Å²) in [6, 6.07) is 14.0. The summed E-state index contributed by atoms with van der Waals surface area (Å²) in [7, 11) is 0. The van der Waals surface area contributed by atoms with E-state index in [4.69, 9.17) is 9.90 Å². The predicted molar refractivity (Wildman–Crippen MR) is 103 cm³/mol. The van der Waals surface area contributed by atoms with Crippen molar-refractivity contribution in [3.05, 3.63) is 54.1 Å². The van der Waals surface area contributed by atoms with Gasteiger partial charge in [0.15, 0.2) is 0 Å². The molecule has 2 aliphatic heterocycles. The number of carbonyl (C=O) groups is 1. The minimum absolute atomic E-state index is 0.501. The predicted octanol–water partition coefficient (Wildman–Crippen LogP) is 4.27. The van der Waals surface area contributed by atoms with Gasteiger partial charge in [-0.1, -0.05) is 12.1 Å². The third kappa shape index (κ3) is 5.22. The quantitative estimate of drug-likeness (QED) is 0.674. The molecule has 2 aromatic carbocycles. The van der Waals surface area contributed by atoms with Gasteiger partial charge >= 0.3 is 18.3 Å². The fourth-order valence-electron chi connectivity index (χ4n) is 3.36. The van der Waals surface area contributed by atoms with Crippen molar-refractivity contribution in [1.82, 2.24) is 5.32 Å². The van der Waals surface area contributed by atoms with Crippen molar-refractivity contribution in [3.8, 4) is 0 Å². The highest BCUT2D eigenvalue weighted by atomic mass is 19.4. The Bertz CT molecular complexity index is 910. The zero-order chi connectivity index (χ0) is 22.8. The Balaban J connectivity index is 0.000000339. The molecule has 0 radical (unpaired) electrons. The van der Waals surface area contributed by atoms with Crippen LogP contribution in [0.5, 0.6) is 0 Å². The lowest BCUT2D eigenvalue weighted by atomic mass is 10.0. The summed E-state index contributed by atoms with van der Waals surface area (Å²) in [5.74, 6) is -2.76. The molecule has 31 heavy (non-hydrogen) atoms. The van der Waals surface area contributed by atoms with Gasteiger partial charge in [0.25, 0.3) is 0 Å². The van der Waals surface area contributed by atoms with Crippen molar-refractivity contribution in [2.24, 2.45) is 0 Å². The van der Waals surface area contributed by atoms with Crippen molar-refractivity contribution >= 4 is 23.0 Å². The van der Waals surface area contributed by atoms with Gasteiger partial charge in [0.2, 0.25) is 0 Å². The normalized spacial score (nSPS) is 16.7. The number of halogens is 6. The second kappa shape index (κ2) is 8.66. The molecular formula is C20H19F6N3O2. The number of aliphatic carboxylic acids is 1. The second-order valence-corrected chi connectivity index (χ2v) is 6.99. The van der Waals surface area contributed by atoms with Crippen molar-refractivity contribution in [1.29, 1.82) is 0 Å². The molecule has 2 aromatic rings. The van der Waals surface area contributed by atoms with Crippen LogP contribution in [0.2, 0.25) is 0 Å². The van der Waals surface area contributed by atoms with E-state index in [0.717, 1.165) is 55.4 Å². The van der Waals surface area contributed by atoms with Gasteiger partial charge in [-0.15, -0.1) is 0 Å². The van der Waals surface area contributed by atoms with Crippen LogP contribution < -0.4 is 15.1 Å². The van der Waals surface area contributed by atoms with Crippen LogP contribution >= 0.6 is 0 Å². The zero-order valence-corrected chi connectivity index (χ0v) is 16.0. The maximum atomic E-state index is 12.8. The standard InChI is InChI=1S/C18H18F3N3.C2HF3O2/c19-18(20,21)13-5-7-14(8-6-13)23-9-10-24(15-11-22-12-15)17-4-2-1-3-16(17)23;3-2(4,5)1(6)7/h1-8,15,22H,9-12H2;(H,6,7). The number of rotatable bonds is 2. The molecule has 5 nitrogen and oxygen atoms in total. The third-order valence-corrected chi connectivity index (χ3v) is 5.00. The fourth-order valence-corrected chi connectivity index (χ4v) is 3.36. The van der Waals surface area contributed by atoms with E-state index in [1.807, 2.05) is 18.2 Å². The lowest BCUT2D eigenvalue weighted by Gasteiger charge is -2.46. The minimum Gasteiger partial charge on any atom is -0.475 e. The van der Waals surface area contributed by atoms with Crippen LogP contribution in [0.15, 0.2) is 48.5 Å². The largest absolute Gasteiger partial charge is 0.490 e. The summed E-state index contributed by atoms with van der Waals surface area (Å²) in [4.78, 5) is 13.4. The summed E-state index contributed by atoms with van der Waals surface area (Å²) in [5, 5.41) is 10.4. The molecule has 0 amide bonds. The molecule has 4 rings (SSSR count). The minimum atomic E-state index is -5.08. The van der Waals surface area contributed by atoms with E-state index in [9.17, 15) is 26.3 Å². The highest BCUT2D eigenvalue weighted by molar-refractivity contribution is 5.80. The molecular weight excluding hydrogens is 428 g/mol. The molecule has 11 heteroatoms. The van der Waals surface area contributed by atoms with Crippen LogP contribution in [0, 0.1) is 0 Å². The van der Waals surface area contributed by atoms with Crippen LogP contribution in [0.25, 0.3) is 0 Å². The first-order valence-electron chi connectivity index (χ1n) is 9.30. The monoisotopic (exact) mass is 447 g/mol. The molecule has 168 valence electrons. The number of hydrogen-bond acceptors (Lipinski definition) is 4. The zero-order valence-electron chi connectivity index (χ0n) is 16.0. The first kappa shape index (κ1) is 22.7. The topological polar surface area (TPSA) is 55.8 Å². The SMILES string of the molecule is FC(F)(F)c1ccc(N2CCN(C3CNC3)c3ccccc32)cc1.O=C(O)C(F)(F)F. The van der Waals surface area contributed by atoms with Gasteiger partial charge in [0.05, 0.1) is 23.0 Å². The molecule has 0 aliphatic carbocycles. The van der Waals surface area contributed by atoms with Crippen molar-refractivity contribution in [2.45, 2.75) is 18.4 Å². The first-order valence-corrected chi connectivity index (χ1v) is 9.30. The molecule has 0 atom stereocenters. The number of nitrogens with zero attached hydrogens (tertiary/aromatic N) is 2. The van der Waals surface area contributed by atoms with Gasteiger partial charge in [-0.2, -0.15) is 26.3 Å². The van der Waals surface area contributed by atoms with Crippen LogP contribution in [0.3, 0.4) is 0 Å². The van der Waals surface area contributed by atoms with Crippen molar-refractivity contribution in [2.75, 3.05) is 36.0 Å². The van der Waals surface area contributed by atoms with E-state index in [0.29, 0.717) is 6.04 Å². The number of benzene rings is 2. The molecule has 1 saturated heterocycles. The van der Waals surface area contributed by atoms with Gasteiger partial charge < -0.3 is 20.2 Å². The molecule has 0 spiro atoms. The van der Waals surface area contributed by atoms with E-state index in [-0.39, 0.29) is 0 Å². The van der Waals surface area contributed by atoms with E-state index in [1.54, 1.807) is 12.1 Å². The highest BCUT2D eigenvalue weighted by Gasteiger charge is 2.38. The van der Waals surface area contributed by atoms with Gasteiger partial charge in [-0.05, 0) is 36.4 Å². The lowest BCUT2D eigenvalue weighted by Crippen LogP contribution is -2.59. The van der Waals surface area contributed by atoms with E-state index in [2.05, 4.69) is 21.2 Å². The highest BCUT2D eigenvalue weighted by Crippen LogP contribution is 2.39. The summed E-state index contributed by atoms with van der Waals surface area (Å²) < 4.78 is 70.0. The lowest BCUT2D eigenvalue weighted by molar-refractivity contribution is -0.192. The Hall–Kier alpha value is -2.95. The van der Waals surface area contributed by atoms with Gasteiger partial charge in [0.1, 0.15) is 0 Å². The summed E-state index contributed by atoms with van der Waals surface area (Å²) >= 11 is 0. The summed E-state index contributed by atoms with van der Waals surface area (Å²) in [6.45, 7) is 3.59. The number of alkyl halides is 6. The van der Waals surface area contributed by atoms with Crippen LogP contribution in [0.4, 0.5) is 43.4 Å². The molecule has 0 unspecified atom stereocenters. The maximum absolute atomic E-state index is 12.8. The molecule has 0 bridgehead atoms. The number of carboxylic acids is 1. The molecule has 0 saturated carbocycles.